The van der Waals surface area contributed by atoms with E-state index < -0.39 is 0 Å². The van der Waals surface area contributed by atoms with E-state index in [9.17, 15) is 0 Å². The highest BCUT2D eigenvalue weighted by Crippen LogP contribution is 2.04. The van der Waals surface area contributed by atoms with E-state index in [-0.39, 0.29) is 5.92 Å². The monoisotopic (exact) mass is 151 g/mol. The second kappa shape index (κ2) is 4.89. The van der Waals surface area contributed by atoms with Crippen molar-refractivity contribution in [3.05, 3.63) is 24.3 Å². The first-order valence-electron chi connectivity index (χ1n) is 3.99. The first-order chi connectivity index (χ1) is 5.07. The molecule has 11 heavy (non-hydrogen) atoms. The molecule has 1 atom stereocenters. The van der Waals surface area contributed by atoms with Gasteiger partial charge in [0, 0.05) is 11.6 Å². The molecule has 1 nitrogen and oxygen atoms in total. The molecular weight excluding hydrogens is 134 g/mol. The lowest BCUT2D eigenvalue weighted by molar-refractivity contribution is 0.941. The molecule has 0 aliphatic carbocycles. The van der Waals surface area contributed by atoms with E-state index in [2.05, 4.69) is 6.58 Å². The lowest BCUT2D eigenvalue weighted by Crippen LogP contribution is -2.04. The SMILES string of the molecule is C=C(C)/C=C\[C@H](C)C(=N)CC. The summed E-state index contributed by atoms with van der Waals surface area (Å²) < 4.78 is 0. The molecule has 0 unspecified atom stereocenters. The van der Waals surface area contributed by atoms with Crippen LogP contribution in [0.15, 0.2) is 24.3 Å². The van der Waals surface area contributed by atoms with Crippen molar-refractivity contribution in [1.29, 1.82) is 5.41 Å². The van der Waals surface area contributed by atoms with Gasteiger partial charge in [0.05, 0.1) is 0 Å². The minimum absolute atomic E-state index is 0.261. The average Bonchev–Trinajstić information content (AvgIpc) is 1.98. The minimum atomic E-state index is 0.261. The van der Waals surface area contributed by atoms with Crippen LogP contribution in [-0.4, -0.2) is 5.71 Å². The van der Waals surface area contributed by atoms with Crippen LogP contribution in [0.5, 0.6) is 0 Å². The van der Waals surface area contributed by atoms with E-state index in [1.807, 2.05) is 32.9 Å². The van der Waals surface area contributed by atoms with Crippen LogP contribution in [0.3, 0.4) is 0 Å². The van der Waals surface area contributed by atoms with Crippen LogP contribution in [0.4, 0.5) is 0 Å². The van der Waals surface area contributed by atoms with Crippen molar-refractivity contribution in [3.63, 3.8) is 0 Å². The topological polar surface area (TPSA) is 23.9 Å². The van der Waals surface area contributed by atoms with Crippen LogP contribution in [0.25, 0.3) is 0 Å². The maximum Gasteiger partial charge on any atom is 0.0152 e. The predicted octanol–water partition coefficient (Wildman–Crippen LogP) is 3.18. The number of hydrogen-bond acceptors (Lipinski definition) is 1. The zero-order chi connectivity index (χ0) is 8.85. The van der Waals surface area contributed by atoms with E-state index in [0.717, 1.165) is 17.7 Å². The molecule has 0 aromatic heterocycles. The normalized spacial score (nSPS) is 13.4. The fourth-order valence-electron chi connectivity index (χ4n) is 0.747. The summed E-state index contributed by atoms with van der Waals surface area (Å²) >= 11 is 0. The fourth-order valence-corrected chi connectivity index (χ4v) is 0.747. The molecule has 1 heteroatoms. The summed E-state index contributed by atoms with van der Waals surface area (Å²) in [7, 11) is 0. The highest BCUT2D eigenvalue weighted by Gasteiger charge is 2.00. The number of hydrogen-bond donors (Lipinski definition) is 1. The zero-order valence-corrected chi connectivity index (χ0v) is 7.65. The van der Waals surface area contributed by atoms with Crippen LogP contribution < -0.4 is 0 Å². The summed E-state index contributed by atoms with van der Waals surface area (Å²) in [6, 6.07) is 0. The summed E-state index contributed by atoms with van der Waals surface area (Å²) in [5, 5.41) is 7.51. The Morgan fingerprint density at radius 3 is 2.55 bits per heavy atom. The Balaban J connectivity index is 3.95. The lowest BCUT2D eigenvalue weighted by atomic mass is 10.0. The van der Waals surface area contributed by atoms with Crippen molar-refractivity contribution in [2.45, 2.75) is 27.2 Å². The Hall–Kier alpha value is -0.850. The van der Waals surface area contributed by atoms with Crippen molar-refractivity contribution in [1.82, 2.24) is 0 Å². The molecule has 0 radical (unpaired) electrons. The Labute approximate surface area is 69.3 Å². The lowest BCUT2D eigenvalue weighted by Gasteiger charge is -2.04. The predicted molar refractivity (Wildman–Crippen MR) is 51.1 cm³/mol. The van der Waals surface area contributed by atoms with Gasteiger partial charge in [0.1, 0.15) is 0 Å². The quantitative estimate of drug-likeness (QED) is 0.471. The smallest absolute Gasteiger partial charge is 0.0152 e. The van der Waals surface area contributed by atoms with E-state index in [1.54, 1.807) is 0 Å². The molecule has 0 rings (SSSR count). The summed E-state index contributed by atoms with van der Waals surface area (Å²) in [5.74, 6) is 0.261. The molecule has 0 aliphatic heterocycles. The van der Waals surface area contributed by atoms with Gasteiger partial charge in [-0.05, 0) is 13.3 Å². The maximum atomic E-state index is 7.51. The van der Waals surface area contributed by atoms with Crippen molar-refractivity contribution in [2.75, 3.05) is 0 Å². The molecule has 0 saturated carbocycles. The van der Waals surface area contributed by atoms with Crippen LogP contribution in [-0.2, 0) is 0 Å². The van der Waals surface area contributed by atoms with E-state index >= 15 is 0 Å². The third kappa shape index (κ3) is 4.54. The van der Waals surface area contributed by atoms with Crippen LogP contribution >= 0.6 is 0 Å². The Morgan fingerprint density at radius 1 is 1.64 bits per heavy atom. The van der Waals surface area contributed by atoms with Crippen LogP contribution in [0, 0.1) is 11.3 Å². The summed E-state index contributed by atoms with van der Waals surface area (Å²) in [6.45, 7) is 9.75. The molecule has 0 bridgehead atoms. The molecule has 62 valence electrons. The summed E-state index contributed by atoms with van der Waals surface area (Å²) in [6.07, 6.45) is 4.82. The molecule has 0 aromatic carbocycles. The summed E-state index contributed by atoms with van der Waals surface area (Å²) in [4.78, 5) is 0. The van der Waals surface area contributed by atoms with Crippen molar-refractivity contribution < 1.29 is 0 Å². The highest BCUT2D eigenvalue weighted by molar-refractivity contribution is 5.84. The van der Waals surface area contributed by atoms with Gasteiger partial charge in [0.25, 0.3) is 0 Å². The van der Waals surface area contributed by atoms with Gasteiger partial charge < -0.3 is 5.41 Å². The largest absolute Gasteiger partial charge is 0.309 e. The van der Waals surface area contributed by atoms with Gasteiger partial charge in [-0.15, -0.1) is 0 Å². The minimum Gasteiger partial charge on any atom is -0.309 e. The van der Waals surface area contributed by atoms with Gasteiger partial charge >= 0.3 is 0 Å². The average molecular weight is 151 g/mol. The molecular formula is C10H17N. The number of allylic oxidation sites excluding steroid dienone is 3. The van der Waals surface area contributed by atoms with Crippen molar-refractivity contribution >= 4 is 5.71 Å². The molecule has 0 aromatic rings. The Morgan fingerprint density at radius 2 is 2.18 bits per heavy atom. The van der Waals surface area contributed by atoms with Gasteiger partial charge in [-0.25, -0.2) is 0 Å². The van der Waals surface area contributed by atoms with Crippen molar-refractivity contribution in [2.24, 2.45) is 5.92 Å². The molecule has 0 heterocycles. The number of rotatable bonds is 4. The van der Waals surface area contributed by atoms with Gasteiger partial charge in [-0.1, -0.05) is 38.2 Å². The second-order valence-electron chi connectivity index (χ2n) is 2.87. The van der Waals surface area contributed by atoms with E-state index in [1.165, 1.54) is 0 Å². The van der Waals surface area contributed by atoms with Crippen LogP contribution in [0.2, 0.25) is 0 Å². The fraction of sp³-hybridized carbons (Fsp3) is 0.500. The molecule has 0 fully saturated rings. The zero-order valence-electron chi connectivity index (χ0n) is 7.65. The molecule has 0 saturated heterocycles. The molecule has 0 amide bonds. The Bertz CT molecular complexity index is 177. The maximum absolute atomic E-state index is 7.51. The van der Waals surface area contributed by atoms with Gasteiger partial charge in [0.2, 0.25) is 0 Å². The van der Waals surface area contributed by atoms with Gasteiger partial charge in [-0.3, -0.25) is 0 Å². The molecule has 1 N–H and O–H groups in total. The third-order valence-electron chi connectivity index (χ3n) is 1.60. The molecule has 0 spiro atoms. The third-order valence-corrected chi connectivity index (χ3v) is 1.60. The van der Waals surface area contributed by atoms with Crippen molar-refractivity contribution in [3.8, 4) is 0 Å². The first-order valence-corrected chi connectivity index (χ1v) is 3.99. The van der Waals surface area contributed by atoms with E-state index in [0.29, 0.717) is 0 Å². The van der Waals surface area contributed by atoms with Crippen LogP contribution in [0.1, 0.15) is 27.2 Å². The highest BCUT2D eigenvalue weighted by atomic mass is 14.4. The van der Waals surface area contributed by atoms with Gasteiger partial charge in [0.15, 0.2) is 0 Å². The van der Waals surface area contributed by atoms with E-state index in [4.69, 9.17) is 5.41 Å². The summed E-state index contributed by atoms with van der Waals surface area (Å²) in [5.41, 5.74) is 1.82. The second-order valence-corrected chi connectivity index (χ2v) is 2.87. The van der Waals surface area contributed by atoms with Gasteiger partial charge in [-0.2, -0.15) is 0 Å². The Kier molecular flexibility index (Phi) is 4.51. The standard InChI is InChI=1S/C10H17N/c1-5-10(11)9(4)7-6-8(2)3/h6-7,9,11H,2,5H2,1,3-4H3/b7-6-,11-10?/t9-/m0/s1. The number of nitrogens with one attached hydrogen (secondary N) is 1. The molecule has 0 aliphatic rings. The first kappa shape index (κ1) is 10.2.